The lowest BCUT2D eigenvalue weighted by Gasteiger charge is -2.03. The highest BCUT2D eigenvalue weighted by Gasteiger charge is 2.08. The number of rotatable bonds is 1. The first-order valence-electron chi connectivity index (χ1n) is 4.66. The maximum absolute atomic E-state index is 13.0. The number of benzene rings is 1. The molecule has 2 rings (SSSR count). The Kier molecular flexibility index (Phi) is 2.71. The average Bonchev–Trinajstić information content (AvgIpc) is 2.33. The topological polar surface area (TPSA) is 56.9 Å². The van der Waals surface area contributed by atoms with Crippen LogP contribution in [0.3, 0.4) is 0 Å². The fraction of sp³-hybridized carbons (Fsp3) is 0. The van der Waals surface area contributed by atoms with Crippen molar-refractivity contribution in [2.24, 2.45) is 0 Å². The Balaban J connectivity index is 2.54. The summed E-state index contributed by atoms with van der Waals surface area (Å²) in [6.07, 6.45) is 1.09. The third-order valence-corrected chi connectivity index (χ3v) is 2.22. The Labute approximate surface area is 95.6 Å². The summed E-state index contributed by atoms with van der Waals surface area (Å²) >= 11 is 0. The lowest BCUT2D eigenvalue weighted by molar-refractivity contribution is 0.471. The molecule has 0 spiro atoms. The number of nitrogens with zero attached hydrogens (tertiary/aromatic N) is 2. The molecule has 84 valence electrons. The zero-order valence-electron chi connectivity index (χ0n) is 8.48. The maximum Gasteiger partial charge on any atom is 0.159 e. The van der Waals surface area contributed by atoms with Gasteiger partial charge >= 0.3 is 0 Å². The van der Waals surface area contributed by atoms with Gasteiger partial charge in [-0.05, 0) is 24.3 Å². The van der Waals surface area contributed by atoms with Gasteiger partial charge in [-0.15, -0.1) is 0 Å². The fourth-order valence-corrected chi connectivity index (χ4v) is 1.35. The number of aromatic hydroxyl groups is 1. The van der Waals surface area contributed by atoms with Crippen LogP contribution >= 0.6 is 0 Å². The van der Waals surface area contributed by atoms with Gasteiger partial charge in [-0.25, -0.2) is 8.78 Å². The lowest BCUT2D eigenvalue weighted by Crippen LogP contribution is -1.89. The van der Waals surface area contributed by atoms with Gasteiger partial charge in [0.1, 0.15) is 6.07 Å². The molecule has 0 radical (unpaired) electrons. The van der Waals surface area contributed by atoms with Crippen molar-refractivity contribution in [1.82, 2.24) is 4.98 Å². The zero-order chi connectivity index (χ0) is 12.4. The normalized spacial score (nSPS) is 9.94. The first-order valence-corrected chi connectivity index (χ1v) is 4.66. The monoisotopic (exact) mass is 232 g/mol. The van der Waals surface area contributed by atoms with Gasteiger partial charge in [0.05, 0.1) is 17.5 Å². The molecular weight excluding hydrogens is 226 g/mol. The summed E-state index contributed by atoms with van der Waals surface area (Å²) in [6.45, 7) is 0. The van der Waals surface area contributed by atoms with E-state index in [1.54, 1.807) is 6.07 Å². The summed E-state index contributed by atoms with van der Waals surface area (Å²) in [5.74, 6) is -2.19. The predicted octanol–water partition coefficient (Wildman–Crippen LogP) is 2.60. The highest BCUT2D eigenvalue weighted by atomic mass is 19.2. The minimum absolute atomic E-state index is 0.0275. The van der Waals surface area contributed by atoms with Gasteiger partial charge < -0.3 is 5.11 Å². The van der Waals surface area contributed by atoms with E-state index in [0.717, 1.165) is 18.3 Å². The van der Waals surface area contributed by atoms with Crippen molar-refractivity contribution in [3.63, 3.8) is 0 Å². The van der Waals surface area contributed by atoms with Crippen molar-refractivity contribution in [1.29, 1.82) is 5.26 Å². The molecule has 0 atom stereocenters. The second-order valence-electron chi connectivity index (χ2n) is 3.33. The maximum atomic E-state index is 13.0. The molecular formula is C12H6F2N2O. The molecule has 0 saturated heterocycles. The first-order chi connectivity index (χ1) is 8.11. The molecule has 0 bridgehead atoms. The smallest absolute Gasteiger partial charge is 0.159 e. The molecule has 0 unspecified atom stereocenters. The zero-order valence-corrected chi connectivity index (χ0v) is 8.48. The molecule has 3 nitrogen and oxygen atoms in total. The third-order valence-electron chi connectivity index (χ3n) is 2.22. The predicted molar refractivity (Wildman–Crippen MR) is 56.0 cm³/mol. The van der Waals surface area contributed by atoms with E-state index in [0.29, 0.717) is 11.3 Å². The Bertz CT molecular complexity index is 620. The molecule has 1 heterocycles. The second-order valence-corrected chi connectivity index (χ2v) is 3.33. The molecule has 1 N–H and O–H groups in total. The third kappa shape index (κ3) is 2.06. The van der Waals surface area contributed by atoms with Gasteiger partial charge in [-0.1, -0.05) is 0 Å². The number of halogens is 2. The van der Waals surface area contributed by atoms with Crippen LogP contribution in [0.4, 0.5) is 8.78 Å². The molecule has 0 aliphatic heterocycles. The van der Waals surface area contributed by atoms with Crippen LogP contribution in [-0.2, 0) is 0 Å². The molecule has 5 heteroatoms. The molecule has 0 aliphatic carbocycles. The van der Waals surface area contributed by atoms with E-state index in [9.17, 15) is 13.9 Å². The van der Waals surface area contributed by atoms with Crippen molar-refractivity contribution in [3.05, 3.63) is 47.7 Å². The van der Waals surface area contributed by atoms with Crippen molar-refractivity contribution in [3.8, 4) is 23.1 Å². The van der Waals surface area contributed by atoms with Crippen LogP contribution in [0.15, 0.2) is 30.5 Å². The summed E-state index contributed by atoms with van der Waals surface area (Å²) in [7, 11) is 0. The van der Waals surface area contributed by atoms with Crippen LogP contribution in [0.2, 0.25) is 0 Å². The Morgan fingerprint density at radius 2 is 1.94 bits per heavy atom. The molecule has 2 aromatic rings. The van der Waals surface area contributed by atoms with Gasteiger partial charge in [0, 0.05) is 5.56 Å². The van der Waals surface area contributed by atoms with Crippen LogP contribution in [0.25, 0.3) is 11.3 Å². The minimum atomic E-state index is -0.990. The van der Waals surface area contributed by atoms with Crippen LogP contribution in [0.5, 0.6) is 5.75 Å². The van der Waals surface area contributed by atoms with Crippen molar-refractivity contribution >= 4 is 0 Å². The Hall–Kier alpha value is -2.48. The van der Waals surface area contributed by atoms with E-state index >= 15 is 0 Å². The van der Waals surface area contributed by atoms with E-state index in [4.69, 9.17) is 5.26 Å². The quantitative estimate of drug-likeness (QED) is 0.822. The van der Waals surface area contributed by atoms with Crippen LogP contribution < -0.4 is 0 Å². The SMILES string of the molecule is N#Cc1cc(-c2ccc(F)c(F)c2)ncc1O. The van der Waals surface area contributed by atoms with E-state index in [1.165, 1.54) is 12.1 Å². The Morgan fingerprint density at radius 1 is 1.18 bits per heavy atom. The highest BCUT2D eigenvalue weighted by molar-refractivity contribution is 5.62. The van der Waals surface area contributed by atoms with E-state index in [2.05, 4.69) is 4.98 Å². The summed E-state index contributed by atoms with van der Waals surface area (Å²) < 4.78 is 25.7. The largest absolute Gasteiger partial charge is 0.505 e. The number of hydrogen-bond acceptors (Lipinski definition) is 3. The number of pyridine rings is 1. The van der Waals surface area contributed by atoms with Crippen molar-refractivity contribution in [2.75, 3.05) is 0 Å². The molecule has 0 aliphatic rings. The lowest BCUT2D eigenvalue weighted by atomic mass is 10.1. The van der Waals surface area contributed by atoms with Crippen molar-refractivity contribution in [2.45, 2.75) is 0 Å². The average molecular weight is 232 g/mol. The number of hydrogen-bond donors (Lipinski definition) is 1. The highest BCUT2D eigenvalue weighted by Crippen LogP contribution is 2.23. The molecule has 0 fully saturated rings. The van der Waals surface area contributed by atoms with Gasteiger partial charge in [0.2, 0.25) is 0 Å². The number of nitriles is 1. The van der Waals surface area contributed by atoms with Crippen LogP contribution in [0.1, 0.15) is 5.56 Å². The van der Waals surface area contributed by atoms with E-state index in [1.807, 2.05) is 0 Å². The van der Waals surface area contributed by atoms with Crippen LogP contribution in [-0.4, -0.2) is 10.1 Å². The van der Waals surface area contributed by atoms with Gasteiger partial charge in [0.15, 0.2) is 17.4 Å². The molecule has 17 heavy (non-hydrogen) atoms. The van der Waals surface area contributed by atoms with Gasteiger partial charge in [-0.3, -0.25) is 4.98 Å². The molecule has 1 aromatic carbocycles. The molecule has 0 saturated carbocycles. The summed E-state index contributed by atoms with van der Waals surface area (Å²) in [5, 5.41) is 18.0. The van der Waals surface area contributed by atoms with Gasteiger partial charge in [-0.2, -0.15) is 5.26 Å². The molecule has 1 aromatic heterocycles. The van der Waals surface area contributed by atoms with E-state index in [-0.39, 0.29) is 11.3 Å². The minimum Gasteiger partial charge on any atom is -0.505 e. The van der Waals surface area contributed by atoms with Gasteiger partial charge in [0.25, 0.3) is 0 Å². The summed E-state index contributed by atoms with van der Waals surface area (Å²) in [5.41, 5.74) is 0.651. The summed E-state index contributed by atoms with van der Waals surface area (Å²) in [4.78, 5) is 3.84. The number of aromatic nitrogens is 1. The second kappa shape index (κ2) is 4.18. The summed E-state index contributed by atoms with van der Waals surface area (Å²) in [6, 6.07) is 6.39. The van der Waals surface area contributed by atoms with Crippen LogP contribution in [0, 0.1) is 23.0 Å². The fourth-order valence-electron chi connectivity index (χ4n) is 1.35. The van der Waals surface area contributed by atoms with E-state index < -0.39 is 11.6 Å². The first kappa shape index (κ1) is 11.0. The van der Waals surface area contributed by atoms with Crippen molar-refractivity contribution < 1.29 is 13.9 Å². The standard InChI is InChI=1S/C12H6F2N2O/c13-9-2-1-7(3-10(9)14)11-4-8(5-15)12(17)6-16-11/h1-4,6,17H. The Morgan fingerprint density at radius 3 is 2.59 bits per heavy atom. The molecule has 0 amide bonds.